The van der Waals surface area contributed by atoms with E-state index in [1.165, 1.54) is 12.8 Å². The first-order valence-corrected chi connectivity index (χ1v) is 6.25. The van der Waals surface area contributed by atoms with E-state index < -0.39 is 0 Å². The molecular weight excluding hydrogens is 202 g/mol. The van der Waals surface area contributed by atoms with Crippen LogP contribution in [0.25, 0.3) is 0 Å². The summed E-state index contributed by atoms with van der Waals surface area (Å²) in [6.07, 6.45) is 3.21. The third-order valence-corrected chi connectivity index (χ3v) is 3.77. The molecule has 1 aliphatic heterocycles. The lowest BCUT2D eigenvalue weighted by Crippen LogP contribution is -2.42. The van der Waals surface area contributed by atoms with E-state index in [4.69, 9.17) is 10.9 Å². The summed E-state index contributed by atoms with van der Waals surface area (Å²) in [6.45, 7) is 9.04. The van der Waals surface area contributed by atoms with E-state index in [0.717, 1.165) is 24.9 Å². The molecule has 1 atom stereocenters. The standard InChI is InChI=1S/C12H25N3O/c1-9(2)11-4-6-15(7-5-11)10(3)8-12(13)14-16/h9-11,16H,4-8H2,1-3H3,(H2,13,14). The van der Waals surface area contributed by atoms with Crippen molar-refractivity contribution in [2.75, 3.05) is 13.1 Å². The largest absolute Gasteiger partial charge is 0.409 e. The molecule has 0 aliphatic carbocycles. The molecule has 4 nitrogen and oxygen atoms in total. The van der Waals surface area contributed by atoms with Gasteiger partial charge in [-0.3, -0.25) is 0 Å². The molecule has 0 bridgehead atoms. The lowest BCUT2D eigenvalue weighted by Gasteiger charge is -2.37. The molecule has 0 radical (unpaired) electrons. The summed E-state index contributed by atoms with van der Waals surface area (Å²) in [5.74, 6) is 1.99. The van der Waals surface area contributed by atoms with Crippen LogP contribution in [-0.4, -0.2) is 35.1 Å². The Morgan fingerprint density at radius 3 is 2.38 bits per heavy atom. The molecule has 0 aromatic carbocycles. The number of hydrogen-bond acceptors (Lipinski definition) is 3. The van der Waals surface area contributed by atoms with Gasteiger partial charge in [0.15, 0.2) is 0 Å². The summed E-state index contributed by atoms with van der Waals surface area (Å²) >= 11 is 0. The molecule has 0 saturated carbocycles. The predicted octanol–water partition coefficient (Wildman–Crippen LogP) is 1.88. The van der Waals surface area contributed by atoms with Crippen molar-refractivity contribution in [1.82, 2.24) is 4.90 Å². The third-order valence-electron chi connectivity index (χ3n) is 3.77. The lowest BCUT2D eigenvalue weighted by atomic mass is 9.86. The lowest BCUT2D eigenvalue weighted by molar-refractivity contribution is 0.124. The summed E-state index contributed by atoms with van der Waals surface area (Å²) in [7, 11) is 0. The van der Waals surface area contributed by atoms with Gasteiger partial charge in [-0.05, 0) is 44.7 Å². The number of hydrogen-bond donors (Lipinski definition) is 2. The molecule has 0 aromatic rings. The zero-order valence-electron chi connectivity index (χ0n) is 10.7. The minimum absolute atomic E-state index is 0.332. The summed E-state index contributed by atoms with van der Waals surface area (Å²) in [5, 5.41) is 11.6. The molecule has 1 aliphatic rings. The SMILES string of the molecule is CC(C)C1CCN(C(C)CC(N)=NO)CC1. The third kappa shape index (κ3) is 3.67. The molecule has 1 rings (SSSR count). The number of rotatable bonds is 4. The summed E-state index contributed by atoms with van der Waals surface area (Å²) < 4.78 is 0. The maximum absolute atomic E-state index is 8.54. The summed E-state index contributed by atoms with van der Waals surface area (Å²) in [4.78, 5) is 2.44. The van der Waals surface area contributed by atoms with Crippen LogP contribution in [0.5, 0.6) is 0 Å². The quantitative estimate of drug-likeness (QED) is 0.333. The van der Waals surface area contributed by atoms with Crippen molar-refractivity contribution in [2.45, 2.75) is 46.1 Å². The second-order valence-corrected chi connectivity index (χ2v) is 5.26. The first-order chi connectivity index (χ1) is 7.54. The van der Waals surface area contributed by atoms with Crippen LogP contribution in [0.4, 0.5) is 0 Å². The number of oxime groups is 1. The van der Waals surface area contributed by atoms with Gasteiger partial charge in [0.25, 0.3) is 0 Å². The van der Waals surface area contributed by atoms with Gasteiger partial charge < -0.3 is 15.8 Å². The second kappa shape index (κ2) is 6.09. The van der Waals surface area contributed by atoms with E-state index in [1.54, 1.807) is 0 Å². The van der Waals surface area contributed by atoms with Crippen LogP contribution in [0.1, 0.15) is 40.0 Å². The van der Waals surface area contributed by atoms with Crippen molar-refractivity contribution < 1.29 is 5.21 Å². The molecule has 3 N–H and O–H groups in total. The van der Waals surface area contributed by atoms with Gasteiger partial charge in [-0.15, -0.1) is 0 Å². The zero-order valence-corrected chi connectivity index (χ0v) is 10.7. The molecule has 0 amide bonds. The van der Waals surface area contributed by atoms with Gasteiger partial charge in [-0.1, -0.05) is 19.0 Å². The predicted molar refractivity (Wildman–Crippen MR) is 66.6 cm³/mol. The molecule has 1 saturated heterocycles. The normalized spacial score (nSPS) is 22.6. The summed E-state index contributed by atoms with van der Waals surface area (Å²) in [6, 6.07) is 0.379. The smallest absolute Gasteiger partial charge is 0.140 e. The Kier molecular flexibility index (Phi) is 5.06. The van der Waals surface area contributed by atoms with Crippen LogP contribution in [0.3, 0.4) is 0 Å². The fraction of sp³-hybridized carbons (Fsp3) is 0.917. The Morgan fingerprint density at radius 2 is 1.94 bits per heavy atom. The Labute approximate surface area is 98.5 Å². The van der Waals surface area contributed by atoms with Gasteiger partial charge in [0.05, 0.1) is 0 Å². The molecular formula is C12H25N3O. The van der Waals surface area contributed by atoms with E-state index >= 15 is 0 Å². The molecule has 94 valence electrons. The highest BCUT2D eigenvalue weighted by Gasteiger charge is 2.24. The molecule has 0 aromatic heterocycles. The van der Waals surface area contributed by atoms with Gasteiger partial charge in [-0.2, -0.15) is 0 Å². The molecule has 1 fully saturated rings. The summed E-state index contributed by atoms with van der Waals surface area (Å²) in [5.41, 5.74) is 5.53. The average Bonchev–Trinajstić information content (AvgIpc) is 2.28. The molecule has 4 heteroatoms. The zero-order chi connectivity index (χ0) is 12.1. The first-order valence-electron chi connectivity index (χ1n) is 6.25. The van der Waals surface area contributed by atoms with Gasteiger partial charge in [0.2, 0.25) is 0 Å². The molecule has 1 unspecified atom stereocenters. The maximum atomic E-state index is 8.54. The van der Waals surface area contributed by atoms with E-state index in [1.807, 2.05) is 0 Å². The van der Waals surface area contributed by atoms with Crippen LogP contribution in [0.2, 0.25) is 0 Å². The van der Waals surface area contributed by atoms with Gasteiger partial charge in [0, 0.05) is 12.5 Å². The van der Waals surface area contributed by atoms with E-state index in [0.29, 0.717) is 18.3 Å². The van der Waals surface area contributed by atoms with Crippen molar-refractivity contribution in [2.24, 2.45) is 22.7 Å². The van der Waals surface area contributed by atoms with Crippen molar-refractivity contribution in [3.05, 3.63) is 0 Å². The Balaban J connectivity index is 2.35. The number of piperidine rings is 1. The molecule has 16 heavy (non-hydrogen) atoms. The fourth-order valence-electron chi connectivity index (χ4n) is 2.50. The number of nitrogens with two attached hydrogens (primary N) is 1. The van der Waals surface area contributed by atoms with Crippen LogP contribution in [0, 0.1) is 11.8 Å². The number of amidine groups is 1. The van der Waals surface area contributed by atoms with Crippen molar-refractivity contribution in [3.8, 4) is 0 Å². The number of nitrogens with zero attached hydrogens (tertiary/aromatic N) is 2. The number of likely N-dealkylation sites (tertiary alicyclic amines) is 1. The fourth-order valence-corrected chi connectivity index (χ4v) is 2.50. The maximum Gasteiger partial charge on any atom is 0.140 e. The van der Waals surface area contributed by atoms with E-state index in [-0.39, 0.29) is 0 Å². The van der Waals surface area contributed by atoms with Crippen molar-refractivity contribution in [3.63, 3.8) is 0 Å². The van der Waals surface area contributed by atoms with Crippen LogP contribution < -0.4 is 5.73 Å². The van der Waals surface area contributed by atoms with Crippen LogP contribution in [0.15, 0.2) is 5.16 Å². The Hall–Kier alpha value is -0.770. The first kappa shape index (κ1) is 13.3. The Bertz CT molecular complexity index is 232. The van der Waals surface area contributed by atoms with Gasteiger partial charge in [-0.25, -0.2) is 0 Å². The van der Waals surface area contributed by atoms with Crippen molar-refractivity contribution >= 4 is 5.84 Å². The topological polar surface area (TPSA) is 61.8 Å². The van der Waals surface area contributed by atoms with Crippen molar-refractivity contribution in [1.29, 1.82) is 0 Å². The highest BCUT2D eigenvalue weighted by atomic mass is 16.4. The monoisotopic (exact) mass is 227 g/mol. The van der Waals surface area contributed by atoms with Crippen LogP contribution in [-0.2, 0) is 0 Å². The second-order valence-electron chi connectivity index (χ2n) is 5.26. The van der Waals surface area contributed by atoms with Gasteiger partial charge >= 0.3 is 0 Å². The highest BCUT2D eigenvalue weighted by Crippen LogP contribution is 2.25. The van der Waals surface area contributed by atoms with Gasteiger partial charge in [0.1, 0.15) is 5.84 Å². The van der Waals surface area contributed by atoms with E-state index in [2.05, 4.69) is 30.8 Å². The molecule has 0 spiro atoms. The molecule has 1 heterocycles. The minimum atomic E-state index is 0.332. The van der Waals surface area contributed by atoms with Crippen LogP contribution >= 0.6 is 0 Å². The van der Waals surface area contributed by atoms with E-state index in [9.17, 15) is 0 Å². The Morgan fingerprint density at radius 1 is 1.38 bits per heavy atom. The average molecular weight is 227 g/mol. The highest BCUT2D eigenvalue weighted by molar-refractivity contribution is 5.80. The minimum Gasteiger partial charge on any atom is -0.409 e.